The lowest BCUT2D eigenvalue weighted by Gasteiger charge is -2.31. The number of aliphatic carboxylic acids is 1. The summed E-state index contributed by atoms with van der Waals surface area (Å²) in [6.45, 7) is 0. The van der Waals surface area contributed by atoms with Gasteiger partial charge in [0, 0.05) is 24.0 Å². The van der Waals surface area contributed by atoms with Gasteiger partial charge in [-0.1, -0.05) is 0 Å². The Morgan fingerprint density at radius 1 is 1.00 bits per heavy atom. The molecule has 2 amide bonds. The number of alkyl halides is 3. The summed E-state index contributed by atoms with van der Waals surface area (Å²) < 4.78 is 65.3. The second-order valence-corrected chi connectivity index (χ2v) is 11.2. The van der Waals surface area contributed by atoms with Crippen LogP contribution in [0.15, 0.2) is 30.5 Å². The predicted molar refractivity (Wildman–Crippen MR) is 140 cm³/mol. The van der Waals surface area contributed by atoms with Gasteiger partial charge in [-0.15, -0.1) is 0 Å². The van der Waals surface area contributed by atoms with Crippen LogP contribution in [0.4, 0.5) is 23.2 Å². The van der Waals surface area contributed by atoms with Gasteiger partial charge in [0.15, 0.2) is 11.6 Å². The number of aromatic nitrogens is 1. The van der Waals surface area contributed by atoms with Gasteiger partial charge in [-0.3, -0.25) is 19.4 Å². The van der Waals surface area contributed by atoms with Crippen molar-refractivity contribution in [2.75, 3.05) is 12.4 Å². The van der Waals surface area contributed by atoms with E-state index in [0.717, 1.165) is 31.2 Å². The van der Waals surface area contributed by atoms with Crippen molar-refractivity contribution in [2.45, 2.75) is 63.3 Å². The summed E-state index contributed by atoms with van der Waals surface area (Å²) in [5.41, 5.74) is -1.18. The number of hydrogen-bond acceptors (Lipinski definition) is 6. The number of benzene rings is 1. The van der Waals surface area contributed by atoms with Crippen LogP contribution in [-0.2, 0) is 15.8 Å². The second-order valence-electron chi connectivity index (χ2n) is 11.2. The standard InChI is InChI=1S/C29H31F4N3O6/c1-41-21-13-20(30)22(42-18-6-4-14(5-7-18)28(39)40)12-19(21)26(37)36-25-16-3-2-15(10-16)24(25)27(38)35-17-8-9-34-23(11-17)29(31,32)33/h8-9,11-16,18,24-25H,2-7,10H2,1H3,(H,36,37)(H,39,40)(H,34,35,38)/t14-,15-,16+,18+,24+,25-/m1/s1. The Kier molecular flexibility index (Phi) is 8.29. The number of pyridine rings is 1. The molecule has 2 aromatic rings. The van der Waals surface area contributed by atoms with E-state index in [1.165, 1.54) is 19.2 Å². The Morgan fingerprint density at radius 3 is 2.38 bits per heavy atom. The van der Waals surface area contributed by atoms with Crippen molar-refractivity contribution in [3.63, 3.8) is 0 Å². The van der Waals surface area contributed by atoms with E-state index in [1.807, 2.05) is 0 Å². The van der Waals surface area contributed by atoms with Crippen LogP contribution in [-0.4, -0.2) is 47.1 Å². The Bertz CT molecular complexity index is 1360. The lowest BCUT2D eigenvalue weighted by atomic mass is 9.83. The van der Waals surface area contributed by atoms with Gasteiger partial charge in [0.25, 0.3) is 5.91 Å². The Balaban J connectivity index is 1.31. The number of carboxylic acid groups (broad SMARTS) is 1. The first kappa shape index (κ1) is 29.6. The Morgan fingerprint density at radius 2 is 1.71 bits per heavy atom. The minimum absolute atomic E-state index is 0.000920. The first-order valence-corrected chi connectivity index (χ1v) is 13.9. The zero-order valence-electron chi connectivity index (χ0n) is 22.7. The molecule has 5 rings (SSSR count). The van der Waals surface area contributed by atoms with E-state index >= 15 is 0 Å². The number of anilines is 1. The number of hydrogen-bond donors (Lipinski definition) is 3. The third kappa shape index (κ3) is 6.14. The van der Waals surface area contributed by atoms with E-state index in [4.69, 9.17) is 9.47 Å². The number of rotatable bonds is 8. The third-order valence-corrected chi connectivity index (χ3v) is 8.65. The minimum Gasteiger partial charge on any atom is -0.496 e. The van der Waals surface area contributed by atoms with Gasteiger partial charge in [0.1, 0.15) is 11.4 Å². The van der Waals surface area contributed by atoms with E-state index in [9.17, 15) is 37.1 Å². The monoisotopic (exact) mass is 593 g/mol. The molecule has 2 bridgehead atoms. The SMILES string of the molecule is COc1cc(F)c(O[C@H]2CC[C@@H](C(=O)O)CC2)cc1C(=O)N[C@@H]1[C@H]2CC[C@H](C2)[C@@H]1C(=O)Nc1ccnc(C(F)(F)F)c1. The van der Waals surface area contributed by atoms with Crippen LogP contribution in [0.2, 0.25) is 0 Å². The average Bonchev–Trinajstić information content (AvgIpc) is 3.56. The van der Waals surface area contributed by atoms with Crippen LogP contribution in [0.25, 0.3) is 0 Å². The Labute approximate surface area is 239 Å². The van der Waals surface area contributed by atoms with Crippen molar-refractivity contribution >= 4 is 23.5 Å². The van der Waals surface area contributed by atoms with Gasteiger partial charge in [0.05, 0.1) is 30.6 Å². The maximum atomic E-state index is 14.9. The molecule has 9 nitrogen and oxygen atoms in total. The fourth-order valence-corrected chi connectivity index (χ4v) is 6.57. The van der Waals surface area contributed by atoms with Crippen molar-refractivity contribution in [2.24, 2.45) is 23.7 Å². The fourth-order valence-electron chi connectivity index (χ4n) is 6.57. The number of ether oxygens (including phenoxy) is 2. The number of nitrogens with zero attached hydrogens (tertiary/aromatic N) is 1. The highest BCUT2D eigenvalue weighted by Gasteiger charge is 2.51. The molecule has 3 fully saturated rings. The quantitative estimate of drug-likeness (QED) is 0.366. The molecule has 3 aliphatic rings. The largest absolute Gasteiger partial charge is 0.496 e. The lowest BCUT2D eigenvalue weighted by Crippen LogP contribution is -2.48. The summed E-state index contributed by atoms with van der Waals surface area (Å²) in [6, 6.07) is 3.72. The first-order valence-electron chi connectivity index (χ1n) is 13.9. The molecule has 42 heavy (non-hydrogen) atoms. The van der Waals surface area contributed by atoms with Crippen molar-refractivity contribution in [3.8, 4) is 11.5 Å². The van der Waals surface area contributed by atoms with E-state index in [2.05, 4.69) is 15.6 Å². The van der Waals surface area contributed by atoms with Crippen LogP contribution in [0.1, 0.15) is 61.0 Å². The lowest BCUT2D eigenvalue weighted by molar-refractivity contribution is -0.143. The van der Waals surface area contributed by atoms with Gasteiger partial charge in [-0.25, -0.2) is 4.39 Å². The molecule has 3 N–H and O–H groups in total. The van der Waals surface area contributed by atoms with E-state index in [0.29, 0.717) is 32.1 Å². The van der Waals surface area contributed by atoms with Crippen molar-refractivity contribution < 1.29 is 46.5 Å². The van der Waals surface area contributed by atoms with Crippen molar-refractivity contribution in [1.82, 2.24) is 10.3 Å². The zero-order chi connectivity index (χ0) is 30.2. The molecule has 0 spiro atoms. The van der Waals surface area contributed by atoms with Gasteiger partial charge < -0.3 is 25.2 Å². The van der Waals surface area contributed by atoms with E-state index in [1.54, 1.807) is 0 Å². The summed E-state index contributed by atoms with van der Waals surface area (Å²) in [5.74, 6) is -4.13. The molecule has 0 aliphatic heterocycles. The molecule has 3 saturated carbocycles. The molecule has 1 aromatic carbocycles. The molecule has 0 radical (unpaired) electrons. The number of fused-ring (bicyclic) bond motifs is 2. The molecule has 0 saturated heterocycles. The van der Waals surface area contributed by atoms with E-state index in [-0.39, 0.29) is 34.6 Å². The highest BCUT2D eigenvalue weighted by atomic mass is 19.4. The summed E-state index contributed by atoms with van der Waals surface area (Å²) in [7, 11) is 1.29. The van der Waals surface area contributed by atoms with E-state index < -0.39 is 59.5 Å². The summed E-state index contributed by atoms with van der Waals surface area (Å²) in [5, 5.41) is 14.7. The summed E-state index contributed by atoms with van der Waals surface area (Å²) in [6.07, 6.45) is -0.255. The molecule has 4 atom stereocenters. The topological polar surface area (TPSA) is 127 Å². The number of nitrogens with one attached hydrogen (secondary N) is 2. The molecule has 0 unspecified atom stereocenters. The highest BCUT2D eigenvalue weighted by molar-refractivity contribution is 5.99. The summed E-state index contributed by atoms with van der Waals surface area (Å²) >= 11 is 0. The molecular weight excluding hydrogens is 562 g/mol. The van der Waals surface area contributed by atoms with Gasteiger partial charge >= 0.3 is 12.1 Å². The van der Waals surface area contributed by atoms with Crippen LogP contribution in [0, 0.1) is 29.5 Å². The Hall–Kier alpha value is -3.90. The van der Waals surface area contributed by atoms with Gasteiger partial charge in [0.2, 0.25) is 5.91 Å². The normalized spacial score (nSPS) is 26.9. The number of carbonyl (C=O) groups excluding carboxylic acids is 2. The maximum Gasteiger partial charge on any atom is 0.433 e. The predicted octanol–water partition coefficient (Wildman–Crippen LogP) is 5.05. The third-order valence-electron chi connectivity index (χ3n) is 8.65. The van der Waals surface area contributed by atoms with Gasteiger partial charge in [-0.05, 0) is 75.0 Å². The van der Waals surface area contributed by atoms with Crippen LogP contribution in [0.5, 0.6) is 11.5 Å². The number of amides is 2. The molecule has 1 aromatic heterocycles. The molecule has 1 heterocycles. The maximum absolute atomic E-state index is 14.9. The molecule has 3 aliphatic carbocycles. The smallest absolute Gasteiger partial charge is 0.433 e. The molecule has 13 heteroatoms. The molecule has 226 valence electrons. The van der Waals surface area contributed by atoms with Crippen LogP contribution >= 0.6 is 0 Å². The van der Waals surface area contributed by atoms with Crippen molar-refractivity contribution in [3.05, 3.63) is 47.5 Å². The van der Waals surface area contributed by atoms with Crippen LogP contribution in [0.3, 0.4) is 0 Å². The highest BCUT2D eigenvalue weighted by Crippen LogP contribution is 2.49. The number of halogens is 4. The zero-order valence-corrected chi connectivity index (χ0v) is 22.7. The number of carboxylic acids is 1. The van der Waals surface area contributed by atoms with Crippen LogP contribution < -0.4 is 20.1 Å². The van der Waals surface area contributed by atoms with Crippen molar-refractivity contribution in [1.29, 1.82) is 0 Å². The second kappa shape index (κ2) is 11.8. The van der Waals surface area contributed by atoms with Gasteiger partial charge in [-0.2, -0.15) is 13.2 Å². The number of carbonyl (C=O) groups is 3. The first-order chi connectivity index (χ1) is 19.9. The number of methoxy groups -OCH3 is 1. The average molecular weight is 594 g/mol. The molecular formula is C29H31F4N3O6. The summed E-state index contributed by atoms with van der Waals surface area (Å²) in [4.78, 5) is 41.4. The minimum atomic E-state index is -4.67. The fraction of sp³-hybridized carbons (Fsp3) is 0.517.